The van der Waals surface area contributed by atoms with Crippen LogP contribution in [0.4, 0.5) is 4.79 Å². The average Bonchev–Trinajstić information content (AvgIpc) is 2.43. The summed E-state index contributed by atoms with van der Waals surface area (Å²) in [5, 5.41) is 2.93. The summed E-state index contributed by atoms with van der Waals surface area (Å²) in [6, 6.07) is -0.0345. The number of hydrogen-bond donors (Lipinski definition) is 1. The van der Waals surface area contributed by atoms with Crippen LogP contribution in [0, 0.1) is 17.8 Å². The second kappa shape index (κ2) is 8.25. The fourth-order valence-corrected chi connectivity index (χ4v) is 2.72. The monoisotopic (exact) mass is 297 g/mol. The van der Waals surface area contributed by atoms with Gasteiger partial charge in [-0.25, -0.2) is 4.79 Å². The smallest absolute Gasteiger partial charge is 0.317 e. The largest absolute Gasteiger partial charge is 0.345 e. The lowest BCUT2D eigenvalue weighted by molar-refractivity contribution is -0.136. The molecular weight excluding hydrogens is 266 g/mol. The van der Waals surface area contributed by atoms with Crippen molar-refractivity contribution in [2.75, 3.05) is 33.2 Å². The Morgan fingerprint density at radius 1 is 1.24 bits per heavy atom. The highest BCUT2D eigenvalue weighted by molar-refractivity contribution is 5.80. The molecule has 0 radical (unpaired) electrons. The van der Waals surface area contributed by atoms with Gasteiger partial charge in [-0.15, -0.1) is 0 Å². The van der Waals surface area contributed by atoms with E-state index >= 15 is 0 Å². The lowest BCUT2D eigenvalue weighted by Gasteiger charge is -2.34. The Hall–Kier alpha value is -1.26. The first-order valence-corrected chi connectivity index (χ1v) is 8.09. The third kappa shape index (κ3) is 5.94. The third-order valence-corrected chi connectivity index (χ3v) is 3.73. The standard InChI is InChI=1S/C16H31N3O2/c1-12(2)9-17-16(21)19-8-6-7-14(11-19)15(20)18(5)10-13(3)4/h12-14H,6-11H2,1-5H3,(H,17,21). The summed E-state index contributed by atoms with van der Waals surface area (Å²) in [6.45, 7) is 11.1. The highest BCUT2D eigenvalue weighted by atomic mass is 16.2. The average molecular weight is 297 g/mol. The van der Waals surface area contributed by atoms with Gasteiger partial charge >= 0.3 is 6.03 Å². The van der Waals surface area contributed by atoms with Crippen molar-refractivity contribution in [2.45, 2.75) is 40.5 Å². The maximum atomic E-state index is 12.4. The van der Waals surface area contributed by atoms with Crippen LogP contribution in [0.1, 0.15) is 40.5 Å². The van der Waals surface area contributed by atoms with E-state index in [0.717, 1.165) is 25.9 Å². The van der Waals surface area contributed by atoms with E-state index in [9.17, 15) is 9.59 Å². The molecule has 0 saturated carbocycles. The van der Waals surface area contributed by atoms with Crippen LogP contribution in [-0.4, -0.2) is 55.0 Å². The SMILES string of the molecule is CC(C)CNC(=O)N1CCCC(C(=O)N(C)CC(C)C)C1. The van der Waals surface area contributed by atoms with Crippen molar-refractivity contribution in [2.24, 2.45) is 17.8 Å². The molecule has 0 aliphatic carbocycles. The van der Waals surface area contributed by atoms with E-state index in [0.29, 0.717) is 24.9 Å². The lowest BCUT2D eigenvalue weighted by atomic mass is 9.96. The predicted octanol–water partition coefficient (Wildman–Crippen LogP) is 2.18. The zero-order chi connectivity index (χ0) is 16.0. The van der Waals surface area contributed by atoms with Gasteiger partial charge < -0.3 is 15.1 Å². The van der Waals surface area contributed by atoms with Gasteiger partial charge in [-0.2, -0.15) is 0 Å². The zero-order valence-electron chi connectivity index (χ0n) is 14.2. The van der Waals surface area contributed by atoms with E-state index in [1.54, 1.807) is 4.90 Å². The van der Waals surface area contributed by atoms with Gasteiger partial charge in [-0.3, -0.25) is 4.79 Å². The van der Waals surface area contributed by atoms with E-state index in [1.807, 2.05) is 11.9 Å². The second-order valence-corrected chi connectivity index (χ2v) is 6.98. The lowest BCUT2D eigenvalue weighted by Crippen LogP contribution is -2.49. The van der Waals surface area contributed by atoms with Gasteiger partial charge in [0.25, 0.3) is 0 Å². The van der Waals surface area contributed by atoms with E-state index in [-0.39, 0.29) is 17.9 Å². The van der Waals surface area contributed by atoms with Crippen LogP contribution in [-0.2, 0) is 4.79 Å². The van der Waals surface area contributed by atoms with Gasteiger partial charge in [0.15, 0.2) is 0 Å². The molecule has 1 rings (SSSR count). The number of hydrogen-bond acceptors (Lipinski definition) is 2. The Morgan fingerprint density at radius 3 is 2.48 bits per heavy atom. The van der Waals surface area contributed by atoms with Crippen molar-refractivity contribution < 1.29 is 9.59 Å². The topological polar surface area (TPSA) is 52.7 Å². The predicted molar refractivity (Wildman–Crippen MR) is 85.0 cm³/mol. The maximum absolute atomic E-state index is 12.4. The summed E-state index contributed by atoms with van der Waals surface area (Å²) in [5.41, 5.74) is 0. The fourth-order valence-electron chi connectivity index (χ4n) is 2.72. The van der Waals surface area contributed by atoms with E-state index in [2.05, 4.69) is 33.0 Å². The summed E-state index contributed by atoms with van der Waals surface area (Å²) >= 11 is 0. The number of nitrogens with zero attached hydrogens (tertiary/aromatic N) is 2. The number of urea groups is 1. The summed E-state index contributed by atoms with van der Waals surface area (Å²) < 4.78 is 0. The highest BCUT2D eigenvalue weighted by Crippen LogP contribution is 2.19. The Kier molecular flexibility index (Phi) is 6.99. The molecular formula is C16H31N3O2. The van der Waals surface area contributed by atoms with Crippen LogP contribution in [0.5, 0.6) is 0 Å². The molecule has 122 valence electrons. The summed E-state index contributed by atoms with van der Waals surface area (Å²) in [5.74, 6) is 1.03. The van der Waals surface area contributed by atoms with Crippen molar-refractivity contribution in [1.82, 2.24) is 15.1 Å². The van der Waals surface area contributed by atoms with Gasteiger partial charge in [0.1, 0.15) is 0 Å². The van der Waals surface area contributed by atoms with Gasteiger partial charge in [0.2, 0.25) is 5.91 Å². The van der Waals surface area contributed by atoms with Gasteiger partial charge in [-0.05, 0) is 24.7 Å². The van der Waals surface area contributed by atoms with Crippen molar-refractivity contribution in [1.29, 1.82) is 0 Å². The number of carbonyl (C=O) groups is 2. The molecule has 0 aromatic carbocycles. The minimum absolute atomic E-state index is 0.0345. The summed E-state index contributed by atoms with van der Waals surface area (Å²) in [6.07, 6.45) is 1.79. The number of carbonyl (C=O) groups excluding carboxylic acids is 2. The first kappa shape index (κ1) is 17.8. The first-order valence-electron chi connectivity index (χ1n) is 8.09. The molecule has 0 bridgehead atoms. The van der Waals surface area contributed by atoms with E-state index in [1.165, 1.54) is 0 Å². The molecule has 3 amide bonds. The summed E-state index contributed by atoms with van der Waals surface area (Å²) in [7, 11) is 1.86. The molecule has 1 N–H and O–H groups in total. The molecule has 1 fully saturated rings. The summed E-state index contributed by atoms with van der Waals surface area (Å²) in [4.78, 5) is 28.1. The molecule has 1 aliphatic heterocycles. The first-order chi connectivity index (χ1) is 9.81. The van der Waals surface area contributed by atoms with Crippen LogP contribution in [0.25, 0.3) is 0 Å². The van der Waals surface area contributed by atoms with Gasteiger partial charge in [-0.1, -0.05) is 27.7 Å². The van der Waals surface area contributed by atoms with E-state index < -0.39 is 0 Å². The van der Waals surface area contributed by atoms with Gasteiger partial charge in [0, 0.05) is 33.2 Å². The number of amides is 3. The Morgan fingerprint density at radius 2 is 1.90 bits per heavy atom. The minimum Gasteiger partial charge on any atom is -0.345 e. The molecule has 1 aliphatic rings. The molecule has 21 heavy (non-hydrogen) atoms. The van der Waals surface area contributed by atoms with Crippen molar-refractivity contribution in [3.8, 4) is 0 Å². The Bertz CT molecular complexity index is 355. The number of rotatable bonds is 5. The van der Waals surface area contributed by atoms with Crippen LogP contribution >= 0.6 is 0 Å². The van der Waals surface area contributed by atoms with Crippen molar-refractivity contribution >= 4 is 11.9 Å². The van der Waals surface area contributed by atoms with Crippen molar-refractivity contribution in [3.05, 3.63) is 0 Å². The van der Waals surface area contributed by atoms with Crippen molar-refractivity contribution in [3.63, 3.8) is 0 Å². The minimum atomic E-state index is -0.0488. The van der Waals surface area contributed by atoms with Gasteiger partial charge in [0.05, 0.1) is 5.92 Å². The van der Waals surface area contributed by atoms with E-state index in [4.69, 9.17) is 0 Å². The Balaban J connectivity index is 2.51. The molecule has 5 heteroatoms. The van der Waals surface area contributed by atoms with Crippen LogP contribution in [0.3, 0.4) is 0 Å². The molecule has 1 atom stereocenters. The van der Waals surface area contributed by atoms with Crippen LogP contribution in [0.15, 0.2) is 0 Å². The van der Waals surface area contributed by atoms with Crippen LogP contribution in [0.2, 0.25) is 0 Å². The molecule has 1 unspecified atom stereocenters. The molecule has 0 spiro atoms. The third-order valence-electron chi connectivity index (χ3n) is 3.73. The second-order valence-electron chi connectivity index (χ2n) is 6.98. The zero-order valence-corrected chi connectivity index (χ0v) is 14.2. The fraction of sp³-hybridized carbons (Fsp3) is 0.875. The molecule has 1 heterocycles. The normalized spacial score (nSPS) is 19.0. The number of nitrogens with one attached hydrogen (secondary N) is 1. The van der Waals surface area contributed by atoms with Crippen LogP contribution < -0.4 is 5.32 Å². The molecule has 5 nitrogen and oxygen atoms in total. The Labute approximate surface area is 129 Å². The molecule has 0 aromatic heterocycles. The molecule has 1 saturated heterocycles. The maximum Gasteiger partial charge on any atom is 0.317 e. The number of piperidine rings is 1. The number of likely N-dealkylation sites (tertiary alicyclic amines) is 1. The quantitative estimate of drug-likeness (QED) is 0.845. The molecule has 0 aromatic rings. The highest BCUT2D eigenvalue weighted by Gasteiger charge is 2.30.